The van der Waals surface area contributed by atoms with E-state index in [4.69, 9.17) is 11.6 Å². The van der Waals surface area contributed by atoms with Crippen LogP contribution in [-0.4, -0.2) is 5.91 Å². The molecule has 1 amide bonds. The molecule has 0 saturated heterocycles. The van der Waals surface area contributed by atoms with E-state index in [2.05, 4.69) is 24.5 Å². The van der Waals surface area contributed by atoms with Crippen molar-refractivity contribution in [1.82, 2.24) is 0 Å². The zero-order valence-electron chi connectivity index (χ0n) is 17.4. The number of carbonyl (C=O) groups is 1. The number of halogens is 1. The quantitative estimate of drug-likeness (QED) is 0.322. The Bertz CT molecular complexity index is 1190. The van der Waals surface area contributed by atoms with Gasteiger partial charge in [-0.25, -0.2) is 0 Å². The zero-order chi connectivity index (χ0) is 21.8. The molecule has 0 unspecified atom stereocenters. The second-order valence-corrected chi connectivity index (χ2v) is 8.94. The van der Waals surface area contributed by atoms with Gasteiger partial charge < -0.3 is 10.6 Å². The van der Waals surface area contributed by atoms with E-state index < -0.39 is 0 Å². The third kappa shape index (κ3) is 4.66. The summed E-state index contributed by atoms with van der Waals surface area (Å²) in [7, 11) is 0. The number of carbonyl (C=O) groups excluding carboxylic acids is 1. The van der Waals surface area contributed by atoms with Gasteiger partial charge >= 0.3 is 0 Å². The van der Waals surface area contributed by atoms with Gasteiger partial charge in [0.15, 0.2) is 0 Å². The average Bonchev–Trinajstić information content (AvgIpc) is 3.07. The average molecular weight is 447 g/mol. The van der Waals surface area contributed by atoms with Crippen molar-refractivity contribution in [1.29, 1.82) is 0 Å². The normalized spacial score (nSPS) is 11.7. The number of rotatable bonds is 6. The Morgan fingerprint density at radius 1 is 0.871 bits per heavy atom. The van der Waals surface area contributed by atoms with E-state index in [1.165, 1.54) is 0 Å². The van der Waals surface area contributed by atoms with Crippen LogP contribution in [-0.2, 0) is 0 Å². The molecular weight excluding hydrogens is 424 g/mol. The highest BCUT2D eigenvalue weighted by Gasteiger charge is 2.26. The van der Waals surface area contributed by atoms with Crippen molar-refractivity contribution in [3.8, 4) is 0 Å². The predicted molar refractivity (Wildman–Crippen MR) is 132 cm³/mol. The smallest absolute Gasteiger partial charge is 0.256 e. The van der Waals surface area contributed by atoms with Crippen LogP contribution < -0.4 is 10.6 Å². The fourth-order valence-corrected chi connectivity index (χ4v) is 4.90. The fraction of sp³-hybridized carbons (Fsp3) is 0.115. The van der Waals surface area contributed by atoms with Gasteiger partial charge in [-0.05, 0) is 55.3 Å². The van der Waals surface area contributed by atoms with Crippen LogP contribution in [0.5, 0.6) is 0 Å². The molecule has 0 spiro atoms. The molecular formula is C26H23ClN2OS. The summed E-state index contributed by atoms with van der Waals surface area (Å²) in [6, 6.07) is 26.9. The molecule has 4 aromatic rings. The van der Waals surface area contributed by atoms with Gasteiger partial charge in [-0.2, -0.15) is 0 Å². The summed E-state index contributed by atoms with van der Waals surface area (Å²) < 4.78 is 0. The molecule has 0 aliphatic heterocycles. The van der Waals surface area contributed by atoms with Crippen LogP contribution in [0.25, 0.3) is 0 Å². The largest absolute Gasteiger partial charge is 0.374 e. The Labute approximate surface area is 191 Å². The maximum Gasteiger partial charge on any atom is 0.256 e. The standard InChI is InChI=1S/C26H23ClN2OS/c1-17-18(2)31-26(29-25(30)19-11-5-3-6-12-19)23(17)24(21-15-9-10-16-22(21)27)28-20-13-7-4-8-14-20/h3-16,24,28H,1-2H3,(H,29,30)/t24-/m0/s1. The summed E-state index contributed by atoms with van der Waals surface area (Å²) in [4.78, 5) is 14.1. The van der Waals surface area contributed by atoms with Gasteiger partial charge in [0.1, 0.15) is 5.00 Å². The lowest BCUT2D eigenvalue weighted by molar-refractivity contribution is 0.102. The van der Waals surface area contributed by atoms with Gasteiger partial charge in [0, 0.05) is 26.7 Å². The molecule has 1 aromatic heterocycles. The highest BCUT2D eigenvalue weighted by Crippen LogP contribution is 2.42. The Morgan fingerprint density at radius 2 is 1.48 bits per heavy atom. The van der Waals surface area contributed by atoms with Crippen molar-refractivity contribution in [3.05, 3.63) is 117 Å². The summed E-state index contributed by atoms with van der Waals surface area (Å²) in [5.74, 6) is -0.124. The van der Waals surface area contributed by atoms with Crippen molar-refractivity contribution >= 4 is 39.5 Å². The molecule has 5 heteroatoms. The summed E-state index contributed by atoms with van der Waals surface area (Å²) in [6.45, 7) is 4.17. The van der Waals surface area contributed by atoms with Crippen molar-refractivity contribution in [2.24, 2.45) is 0 Å². The van der Waals surface area contributed by atoms with Crippen molar-refractivity contribution in [2.75, 3.05) is 10.6 Å². The molecule has 1 atom stereocenters. The van der Waals surface area contributed by atoms with E-state index in [1.54, 1.807) is 11.3 Å². The summed E-state index contributed by atoms with van der Waals surface area (Å²) in [5, 5.41) is 8.28. The minimum absolute atomic E-state index is 0.124. The van der Waals surface area contributed by atoms with Crippen LogP contribution in [0.3, 0.4) is 0 Å². The van der Waals surface area contributed by atoms with E-state index in [1.807, 2.05) is 84.9 Å². The first kappa shape index (κ1) is 21.2. The number of hydrogen-bond acceptors (Lipinski definition) is 3. The summed E-state index contributed by atoms with van der Waals surface area (Å²) in [5.41, 5.74) is 4.74. The van der Waals surface area contributed by atoms with Gasteiger partial charge in [-0.3, -0.25) is 4.79 Å². The Hall–Kier alpha value is -3.08. The summed E-state index contributed by atoms with van der Waals surface area (Å²) in [6.07, 6.45) is 0. The second kappa shape index (κ2) is 9.38. The minimum atomic E-state index is -0.216. The fourth-order valence-electron chi connectivity index (χ4n) is 3.57. The SMILES string of the molecule is Cc1sc(NC(=O)c2ccccc2)c([C@@H](Nc2ccccc2)c2ccccc2Cl)c1C. The monoisotopic (exact) mass is 446 g/mol. The molecule has 0 aliphatic carbocycles. The lowest BCUT2D eigenvalue weighted by Gasteiger charge is -2.24. The maximum absolute atomic E-state index is 12.9. The number of aryl methyl sites for hydroxylation is 1. The molecule has 31 heavy (non-hydrogen) atoms. The van der Waals surface area contributed by atoms with Crippen LogP contribution in [0.2, 0.25) is 5.02 Å². The Kier molecular flexibility index (Phi) is 6.40. The Balaban J connectivity index is 1.79. The molecule has 2 N–H and O–H groups in total. The molecule has 0 fully saturated rings. The van der Waals surface area contributed by atoms with E-state index in [0.29, 0.717) is 10.6 Å². The van der Waals surface area contributed by atoms with Crippen LogP contribution in [0, 0.1) is 13.8 Å². The van der Waals surface area contributed by atoms with Gasteiger partial charge in [-0.1, -0.05) is 66.2 Å². The minimum Gasteiger partial charge on any atom is -0.374 e. The molecule has 0 bridgehead atoms. The van der Waals surface area contributed by atoms with E-state index in [9.17, 15) is 4.79 Å². The molecule has 0 saturated carbocycles. The lowest BCUT2D eigenvalue weighted by Crippen LogP contribution is -2.17. The van der Waals surface area contributed by atoms with Gasteiger partial charge in [0.2, 0.25) is 0 Å². The zero-order valence-corrected chi connectivity index (χ0v) is 18.9. The van der Waals surface area contributed by atoms with Gasteiger partial charge in [0.25, 0.3) is 5.91 Å². The summed E-state index contributed by atoms with van der Waals surface area (Å²) >= 11 is 8.21. The van der Waals surface area contributed by atoms with E-state index in [-0.39, 0.29) is 11.9 Å². The third-order valence-electron chi connectivity index (χ3n) is 5.28. The van der Waals surface area contributed by atoms with Gasteiger partial charge in [0.05, 0.1) is 6.04 Å². The van der Waals surface area contributed by atoms with Crippen molar-refractivity contribution < 1.29 is 4.79 Å². The van der Waals surface area contributed by atoms with Crippen LogP contribution in [0.1, 0.15) is 38.0 Å². The second-order valence-electron chi connectivity index (χ2n) is 7.31. The molecule has 4 rings (SSSR count). The van der Waals surface area contributed by atoms with Crippen LogP contribution in [0.15, 0.2) is 84.9 Å². The number of amides is 1. The number of nitrogens with one attached hydrogen (secondary N) is 2. The molecule has 3 aromatic carbocycles. The molecule has 3 nitrogen and oxygen atoms in total. The molecule has 0 radical (unpaired) electrons. The van der Waals surface area contributed by atoms with E-state index >= 15 is 0 Å². The highest BCUT2D eigenvalue weighted by molar-refractivity contribution is 7.16. The molecule has 156 valence electrons. The third-order valence-corrected chi connectivity index (χ3v) is 6.77. The number of para-hydroxylation sites is 1. The molecule has 1 heterocycles. The molecule has 0 aliphatic rings. The van der Waals surface area contributed by atoms with Crippen LogP contribution >= 0.6 is 22.9 Å². The van der Waals surface area contributed by atoms with Crippen molar-refractivity contribution in [2.45, 2.75) is 19.9 Å². The first-order valence-electron chi connectivity index (χ1n) is 10.1. The Morgan fingerprint density at radius 3 is 2.16 bits per heavy atom. The highest BCUT2D eigenvalue weighted by atomic mass is 35.5. The first-order chi connectivity index (χ1) is 15.0. The predicted octanol–water partition coefficient (Wildman–Crippen LogP) is 7.47. The number of benzene rings is 3. The number of hydrogen-bond donors (Lipinski definition) is 2. The van der Waals surface area contributed by atoms with Crippen molar-refractivity contribution in [3.63, 3.8) is 0 Å². The van der Waals surface area contributed by atoms with Gasteiger partial charge in [-0.15, -0.1) is 11.3 Å². The number of anilines is 2. The lowest BCUT2D eigenvalue weighted by atomic mass is 9.96. The number of thiophene rings is 1. The van der Waals surface area contributed by atoms with Crippen LogP contribution in [0.4, 0.5) is 10.7 Å². The first-order valence-corrected chi connectivity index (χ1v) is 11.3. The topological polar surface area (TPSA) is 41.1 Å². The van der Waals surface area contributed by atoms with E-state index in [0.717, 1.165) is 32.3 Å². The maximum atomic E-state index is 12.9.